The van der Waals surface area contributed by atoms with E-state index in [1.54, 1.807) is 13.0 Å². The molecule has 108 valence electrons. The second-order valence-corrected chi connectivity index (χ2v) is 4.71. The zero-order chi connectivity index (χ0) is 15.4. The Hall–Kier alpha value is -2.69. The number of hydrogen-bond donors (Lipinski definition) is 1. The van der Waals surface area contributed by atoms with Crippen LogP contribution in [0.4, 0.5) is 11.4 Å². The summed E-state index contributed by atoms with van der Waals surface area (Å²) in [5.41, 5.74) is 2.47. The Kier molecular flexibility index (Phi) is 4.33. The highest BCUT2D eigenvalue weighted by Gasteiger charge is 2.17. The zero-order valence-electron chi connectivity index (χ0n) is 11.9. The molecule has 0 aliphatic rings. The van der Waals surface area contributed by atoms with Crippen molar-refractivity contribution < 1.29 is 9.72 Å². The van der Waals surface area contributed by atoms with Crippen LogP contribution in [0.15, 0.2) is 42.5 Å². The first-order valence-corrected chi connectivity index (χ1v) is 6.67. The Bertz CT molecular complexity index is 678. The first-order valence-electron chi connectivity index (χ1n) is 6.67. The van der Waals surface area contributed by atoms with Crippen LogP contribution in [0.2, 0.25) is 0 Å². The summed E-state index contributed by atoms with van der Waals surface area (Å²) in [6.07, 6.45) is 0.929. The van der Waals surface area contributed by atoms with Crippen LogP contribution in [0.5, 0.6) is 0 Å². The Morgan fingerprint density at radius 1 is 1.19 bits per heavy atom. The second kappa shape index (κ2) is 6.17. The molecule has 21 heavy (non-hydrogen) atoms. The van der Waals surface area contributed by atoms with Gasteiger partial charge < -0.3 is 5.32 Å². The van der Waals surface area contributed by atoms with Gasteiger partial charge in [0, 0.05) is 22.9 Å². The Labute approximate surface area is 122 Å². The lowest BCUT2D eigenvalue weighted by Crippen LogP contribution is -2.14. The molecule has 1 amide bonds. The van der Waals surface area contributed by atoms with Gasteiger partial charge in [0.25, 0.3) is 11.6 Å². The molecule has 0 radical (unpaired) electrons. The zero-order valence-corrected chi connectivity index (χ0v) is 11.9. The molecule has 5 heteroatoms. The molecule has 2 aromatic rings. The molecule has 0 aliphatic heterocycles. The third-order valence-corrected chi connectivity index (χ3v) is 3.37. The van der Waals surface area contributed by atoms with Crippen molar-refractivity contribution in [3.05, 3.63) is 69.3 Å². The minimum absolute atomic E-state index is 0.0519. The second-order valence-electron chi connectivity index (χ2n) is 4.71. The van der Waals surface area contributed by atoms with Crippen molar-refractivity contribution in [3.63, 3.8) is 0 Å². The van der Waals surface area contributed by atoms with Crippen molar-refractivity contribution in [1.82, 2.24) is 0 Å². The Balaban J connectivity index is 2.24. The number of rotatable bonds is 4. The van der Waals surface area contributed by atoms with Crippen LogP contribution in [0.3, 0.4) is 0 Å². The maximum atomic E-state index is 12.2. The van der Waals surface area contributed by atoms with Gasteiger partial charge >= 0.3 is 0 Å². The average molecular weight is 284 g/mol. The smallest absolute Gasteiger partial charge is 0.273 e. The van der Waals surface area contributed by atoms with Gasteiger partial charge in [-0.05, 0) is 37.1 Å². The predicted octanol–water partition coefficient (Wildman–Crippen LogP) is 3.72. The van der Waals surface area contributed by atoms with Crippen molar-refractivity contribution in [2.45, 2.75) is 20.3 Å². The van der Waals surface area contributed by atoms with Gasteiger partial charge in [-0.15, -0.1) is 0 Å². The van der Waals surface area contributed by atoms with E-state index in [1.807, 2.05) is 24.3 Å². The van der Waals surface area contributed by atoms with Gasteiger partial charge in [0.05, 0.1) is 4.92 Å². The third kappa shape index (κ3) is 3.25. The lowest BCUT2D eigenvalue weighted by molar-refractivity contribution is -0.385. The van der Waals surface area contributed by atoms with E-state index < -0.39 is 4.92 Å². The van der Waals surface area contributed by atoms with Gasteiger partial charge in [-0.1, -0.05) is 25.1 Å². The molecule has 2 aromatic carbocycles. The van der Waals surface area contributed by atoms with Crippen LogP contribution >= 0.6 is 0 Å². The summed E-state index contributed by atoms with van der Waals surface area (Å²) >= 11 is 0. The number of hydrogen-bond acceptors (Lipinski definition) is 3. The molecule has 0 heterocycles. The fourth-order valence-electron chi connectivity index (χ4n) is 2.09. The Morgan fingerprint density at radius 2 is 1.86 bits per heavy atom. The van der Waals surface area contributed by atoms with Gasteiger partial charge in [0.1, 0.15) is 0 Å². The summed E-state index contributed by atoms with van der Waals surface area (Å²) in [5, 5.41) is 13.7. The van der Waals surface area contributed by atoms with Gasteiger partial charge in [0.2, 0.25) is 0 Å². The summed E-state index contributed by atoms with van der Waals surface area (Å²) in [5.74, 6) is -0.347. The molecule has 0 saturated carbocycles. The molecule has 0 unspecified atom stereocenters. The first-order chi connectivity index (χ1) is 10.0. The SMILES string of the molecule is CCc1ccc(NC(=O)c2cccc([N+](=O)[O-])c2C)cc1. The fraction of sp³-hybridized carbons (Fsp3) is 0.188. The predicted molar refractivity (Wildman–Crippen MR) is 81.6 cm³/mol. The van der Waals surface area contributed by atoms with Crippen LogP contribution in [-0.4, -0.2) is 10.8 Å². The number of anilines is 1. The molecule has 0 aromatic heterocycles. The van der Waals surface area contributed by atoms with Gasteiger partial charge in [-0.25, -0.2) is 0 Å². The van der Waals surface area contributed by atoms with E-state index in [-0.39, 0.29) is 11.6 Å². The number of nitro benzene ring substituents is 1. The van der Waals surface area contributed by atoms with Crippen molar-refractivity contribution >= 4 is 17.3 Å². The lowest BCUT2D eigenvalue weighted by Gasteiger charge is -2.08. The van der Waals surface area contributed by atoms with Crippen molar-refractivity contribution in [2.75, 3.05) is 5.32 Å². The van der Waals surface area contributed by atoms with E-state index in [4.69, 9.17) is 0 Å². The minimum atomic E-state index is -0.484. The number of nitrogens with zero attached hydrogens (tertiary/aromatic N) is 1. The first kappa shape index (κ1) is 14.7. The van der Waals surface area contributed by atoms with Crippen molar-refractivity contribution in [1.29, 1.82) is 0 Å². The third-order valence-electron chi connectivity index (χ3n) is 3.37. The topological polar surface area (TPSA) is 72.2 Å². The molecule has 0 bridgehead atoms. The van der Waals surface area contributed by atoms with Crippen molar-refractivity contribution in [2.24, 2.45) is 0 Å². The largest absolute Gasteiger partial charge is 0.322 e. The van der Waals surface area contributed by atoms with E-state index in [0.29, 0.717) is 16.8 Å². The normalized spacial score (nSPS) is 10.2. The van der Waals surface area contributed by atoms with Crippen LogP contribution in [0.25, 0.3) is 0 Å². The summed E-state index contributed by atoms with van der Waals surface area (Å²) in [4.78, 5) is 22.6. The highest BCUT2D eigenvalue weighted by molar-refractivity contribution is 6.05. The molecule has 0 saturated heterocycles. The maximum Gasteiger partial charge on any atom is 0.273 e. The Morgan fingerprint density at radius 3 is 2.43 bits per heavy atom. The van der Waals surface area contributed by atoms with Gasteiger partial charge in [0.15, 0.2) is 0 Å². The van der Waals surface area contributed by atoms with E-state index in [2.05, 4.69) is 12.2 Å². The minimum Gasteiger partial charge on any atom is -0.322 e. The molecule has 2 rings (SSSR count). The number of aryl methyl sites for hydroxylation is 1. The van der Waals surface area contributed by atoms with Crippen LogP contribution < -0.4 is 5.32 Å². The van der Waals surface area contributed by atoms with Gasteiger partial charge in [-0.2, -0.15) is 0 Å². The number of nitrogens with one attached hydrogen (secondary N) is 1. The molecule has 0 spiro atoms. The fourth-order valence-corrected chi connectivity index (χ4v) is 2.09. The van der Waals surface area contributed by atoms with Gasteiger partial charge in [-0.3, -0.25) is 14.9 Å². The number of amides is 1. The molecule has 0 fully saturated rings. The molecule has 5 nitrogen and oxygen atoms in total. The number of carbonyl (C=O) groups is 1. The summed E-state index contributed by atoms with van der Waals surface area (Å²) in [6.45, 7) is 3.63. The molecular formula is C16H16N2O3. The van der Waals surface area contributed by atoms with E-state index in [9.17, 15) is 14.9 Å². The van der Waals surface area contributed by atoms with Crippen LogP contribution in [0.1, 0.15) is 28.4 Å². The molecular weight excluding hydrogens is 268 g/mol. The molecule has 0 atom stereocenters. The monoisotopic (exact) mass is 284 g/mol. The van der Waals surface area contributed by atoms with Crippen LogP contribution in [0, 0.1) is 17.0 Å². The average Bonchev–Trinajstić information content (AvgIpc) is 2.47. The lowest BCUT2D eigenvalue weighted by atomic mass is 10.1. The quantitative estimate of drug-likeness (QED) is 0.687. The highest BCUT2D eigenvalue weighted by atomic mass is 16.6. The summed E-state index contributed by atoms with van der Waals surface area (Å²) in [7, 11) is 0. The number of benzene rings is 2. The summed E-state index contributed by atoms with van der Waals surface area (Å²) < 4.78 is 0. The molecule has 1 N–H and O–H groups in total. The summed E-state index contributed by atoms with van der Waals surface area (Å²) in [6, 6.07) is 12.0. The van der Waals surface area contributed by atoms with E-state index in [0.717, 1.165) is 6.42 Å². The maximum absolute atomic E-state index is 12.2. The van der Waals surface area contributed by atoms with E-state index >= 15 is 0 Å². The molecule has 0 aliphatic carbocycles. The van der Waals surface area contributed by atoms with Crippen LogP contribution in [-0.2, 0) is 6.42 Å². The highest BCUT2D eigenvalue weighted by Crippen LogP contribution is 2.22. The number of carbonyl (C=O) groups excluding carboxylic acids is 1. The van der Waals surface area contributed by atoms with E-state index in [1.165, 1.54) is 17.7 Å². The van der Waals surface area contributed by atoms with Crippen molar-refractivity contribution in [3.8, 4) is 0 Å². The standard InChI is InChI=1S/C16H16N2O3/c1-3-12-7-9-13(10-8-12)17-16(19)14-5-4-6-15(11(14)2)18(20)21/h4-10H,3H2,1-2H3,(H,17,19). The number of nitro groups is 1.